The van der Waals surface area contributed by atoms with Gasteiger partial charge in [-0.15, -0.1) is 0 Å². The predicted octanol–water partition coefficient (Wildman–Crippen LogP) is 3.52. The average molecular weight is 295 g/mol. The van der Waals surface area contributed by atoms with Crippen molar-refractivity contribution < 1.29 is 9.21 Å². The molecule has 0 aliphatic carbocycles. The van der Waals surface area contributed by atoms with Gasteiger partial charge in [-0.1, -0.05) is 6.07 Å². The van der Waals surface area contributed by atoms with Gasteiger partial charge in [-0.25, -0.2) is 4.98 Å². The number of nitrogens with one attached hydrogen (secondary N) is 1. The van der Waals surface area contributed by atoms with E-state index < -0.39 is 0 Å². The highest BCUT2D eigenvalue weighted by atomic mass is 16.3. The van der Waals surface area contributed by atoms with Crippen LogP contribution in [0, 0.1) is 0 Å². The predicted molar refractivity (Wildman–Crippen MR) is 88.1 cm³/mol. The third kappa shape index (κ3) is 2.79. The Labute approximate surface area is 128 Å². The van der Waals surface area contributed by atoms with Gasteiger partial charge >= 0.3 is 0 Å². The topological polar surface area (TPSA) is 58.4 Å². The summed E-state index contributed by atoms with van der Waals surface area (Å²) in [6.07, 6.45) is 0. The number of benzene rings is 2. The van der Waals surface area contributed by atoms with E-state index in [1.54, 1.807) is 12.1 Å². The minimum absolute atomic E-state index is 0.109. The fourth-order valence-corrected chi connectivity index (χ4v) is 2.25. The van der Waals surface area contributed by atoms with Crippen LogP contribution in [-0.4, -0.2) is 25.0 Å². The highest BCUT2D eigenvalue weighted by Gasteiger charge is 2.10. The molecule has 1 N–H and O–H groups in total. The number of hydrogen-bond acceptors (Lipinski definition) is 4. The summed E-state index contributed by atoms with van der Waals surface area (Å²) in [6.45, 7) is 1.48. The van der Waals surface area contributed by atoms with Gasteiger partial charge in [0.25, 0.3) is 0 Å². The van der Waals surface area contributed by atoms with Gasteiger partial charge in [-0.2, -0.15) is 0 Å². The highest BCUT2D eigenvalue weighted by Crippen LogP contribution is 2.28. The first-order chi connectivity index (χ1) is 10.5. The smallest absolute Gasteiger partial charge is 0.227 e. The number of anilines is 2. The lowest BCUT2D eigenvalue weighted by Crippen LogP contribution is -2.08. The molecule has 3 aromatic rings. The first-order valence-corrected chi connectivity index (χ1v) is 6.99. The molecule has 1 heterocycles. The molecule has 0 spiro atoms. The monoisotopic (exact) mass is 295 g/mol. The molecule has 0 atom stereocenters. The minimum Gasteiger partial charge on any atom is -0.436 e. The van der Waals surface area contributed by atoms with Crippen molar-refractivity contribution in [2.45, 2.75) is 6.92 Å². The maximum Gasteiger partial charge on any atom is 0.227 e. The Hall–Kier alpha value is -2.82. The number of amides is 1. The van der Waals surface area contributed by atoms with E-state index in [1.165, 1.54) is 6.92 Å². The second kappa shape index (κ2) is 5.52. The lowest BCUT2D eigenvalue weighted by atomic mass is 10.2. The Kier molecular flexibility index (Phi) is 3.55. The Bertz CT molecular complexity index is 837. The standard InChI is InChI=1S/C17H17N3O2/c1-11(21)18-13-7-8-16-15(10-13)19-17(22-16)12-5-4-6-14(9-12)20(2)3/h4-10H,1-3H3,(H,18,21). The van der Waals surface area contributed by atoms with Crippen molar-refractivity contribution in [3.8, 4) is 11.5 Å². The first-order valence-electron chi connectivity index (χ1n) is 6.99. The summed E-state index contributed by atoms with van der Waals surface area (Å²) in [5.74, 6) is 0.459. The van der Waals surface area contributed by atoms with Crippen molar-refractivity contribution in [3.63, 3.8) is 0 Å². The molecular weight excluding hydrogens is 278 g/mol. The van der Waals surface area contributed by atoms with E-state index in [9.17, 15) is 4.79 Å². The van der Waals surface area contributed by atoms with Gasteiger partial charge in [-0.05, 0) is 36.4 Å². The molecule has 0 saturated carbocycles. The molecule has 5 heteroatoms. The minimum atomic E-state index is -0.109. The number of hydrogen-bond donors (Lipinski definition) is 1. The fourth-order valence-electron chi connectivity index (χ4n) is 2.25. The van der Waals surface area contributed by atoms with Crippen LogP contribution >= 0.6 is 0 Å². The molecule has 0 saturated heterocycles. The van der Waals surface area contributed by atoms with Gasteiger partial charge in [0.1, 0.15) is 5.52 Å². The van der Waals surface area contributed by atoms with E-state index in [2.05, 4.69) is 10.3 Å². The number of carbonyl (C=O) groups is 1. The number of carbonyl (C=O) groups excluding carboxylic acids is 1. The quantitative estimate of drug-likeness (QED) is 0.803. The third-order valence-corrected chi connectivity index (χ3v) is 3.32. The Morgan fingerprint density at radius 2 is 2.00 bits per heavy atom. The Morgan fingerprint density at radius 1 is 1.18 bits per heavy atom. The average Bonchev–Trinajstić information content (AvgIpc) is 2.90. The van der Waals surface area contributed by atoms with Crippen molar-refractivity contribution in [1.29, 1.82) is 0 Å². The van der Waals surface area contributed by atoms with Crippen LogP contribution in [-0.2, 0) is 4.79 Å². The van der Waals surface area contributed by atoms with Crippen LogP contribution in [0.3, 0.4) is 0 Å². The van der Waals surface area contributed by atoms with Crippen molar-refractivity contribution >= 4 is 28.4 Å². The second-order valence-corrected chi connectivity index (χ2v) is 5.33. The Balaban J connectivity index is 2.01. The molecule has 1 aromatic heterocycles. The molecule has 0 bridgehead atoms. The number of rotatable bonds is 3. The summed E-state index contributed by atoms with van der Waals surface area (Å²) in [5.41, 5.74) is 4.12. The van der Waals surface area contributed by atoms with E-state index >= 15 is 0 Å². The molecule has 22 heavy (non-hydrogen) atoms. The van der Waals surface area contributed by atoms with E-state index in [4.69, 9.17) is 4.42 Å². The van der Waals surface area contributed by atoms with Crippen LogP contribution in [0.15, 0.2) is 46.9 Å². The zero-order chi connectivity index (χ0) is 15.7. The van der Waals surface area contributed by atoms with E-state index in [1.807, 2.05) is 49.3 Å². The van der Waals surface area contributed by atoms with Crippen LogP contribution in [0.5, 0.6) is 0 Å². The summed E-state index contributed by atoms with van der Waals surface area (Å²) in [4.78, 5) is 17.7. The van der Waals surface area contributed by atoms with Crippen LogP contribution in [0.2, 0.25) is 0 Å². The van der Waals surface area contributed by atoms with Gasteiger partial charge in [0.05, 0.1) is 0 Å². The number of fused-ring (bicyclic) bond motifs is 1. The van der Waals surface area contributed by atoms with E-state index in [-0.39, 0.29) is 5.91 Å². The molecule has 2 aromatic carbocycles. The van der Waals surface area contributed by atoms with Gasteiger partial charge < -0.3 is 14.6 Å². The largest absolute Gasteiger partial charge is 0.436 e. The molecule has 0 radical (unpaired) electrons. The molecular formula is C17H17N3O2. The number of aromatic nitrogens is 1. The normalized spacial score (nSPS) is 10.7. The fraction of sp³-hybridized carbons (Fsp3) is 0.176. The molecule has 0 unspecified atom stereocenters. The maximum atomic E-state index is 11.1. The zero-order valence-corrected chi connectivity index (χ0v) is 12.8. The van der Waals surface area contributed by atoms with Crippen molar-refractivity contribution in [1.82, 2.24) is 4.98 Å². The lowest BCUT2D eigenvalue weighted by Gasteiger charge is -2.12. The number of oxazole rings is 1. The highest BCUT2D eigenvalue weighted by molar-refractivity contribution is 5.91. The van der Waals surface area contributed by atoms with Gasteiger partial charge in [0.15, 0.2) is 5.58 Å². The van der Waals surface area contributed by atoms with Crippen molar-refractivity contribution in [2.75, 3.05) is 24.3 Å². The van der Waals surface area contributed by atoms with Crippen molar-refractivity contribution in [2.24, 2.45) is 0 Å². The molecule has 0 aliphatic rings. The molecule has 5 nitrogen and oxygen atoms in total. The van der Waals surface area contributed by atoms with Gasteiger partial charge in [0.2, 0.25) is 11.8 Å². The first kappa shape index (κ1) is 14.1. The van der Waals surface area contributed by atoms with E-state index in [0.29, 0.717) is 17.2 Å². The third-order valence-electron chi connectivity index (χ3n) is 3.32. The summed E-state index contributed by atoms with van der Waals surface area (Å²) < 4.78 is 5.81. The summed E-state index contributed by atoms with van der Waals surface area (Å²) in [6, 6.07) is 13.4. The molecule has 0 fully saturated rings. The second-order valence-electron chi connectivity index (χ2n) is 5.33. The van der Waals surface area contributed by atoms with Crippen LogP contribution in [0.1, 0.15) is 6.92 Å². The van der Waals surface area contributed by atoms with Crippen LogP contribution in [0.25, 0.3) is 22.6 Å². The van der Waals surface area contributed by atoms with E-state index in [0.717, 1.165) is 16.8 Å². The van der Waals surface area contributed by atoms with Crippen LogP contribution < -0.4 is 10.2 Å². The van der Waals surface area contributed by atoms with Crippen molar-refractivity contribution in [3.05, 3.63) is 42.5 Å². The summed E-state index contributed by atoms with van der Waals surface area (Å²) in [5, 5.41) is 2.74. The molecule has 112 valence electrons. The zero-order valence-electron chi connectivity index (χ0n) is 12.8. The SMILES string of the molecule is CC(=O)Nc1ccc2oc(-c3cccc(N(C)C)c3)nc2c1. The maximum absolute atomic E-state index is 11.1. The number of nitrogens with zero attached hydrogens (tertiary/aromatic N) is 2. The molecule has 0 aliphatic heterocycles. The summed E-state index contributed by atoms with van der Waals surface area (Å²) in [7, 11) is 3.98. The molecule has 3 rings (SSSR count). The Morgan fingerprint density at radius 3 is 2.73 bits per heavy atom. The molecule has 1 amide bonds. The van der Waals surface area contributed by atoms with Crippen LogP contribution in [0.4, 0.5) is 11.4 Å². The lowest BCUT2D eigenvalue weighted by molar-refractivity contribution is -0.114. The summed E-state index contributed by atoms with van der Waals surface area (Å²) >= 11 is 0. The van der Waals surface area contributed by atoms with Gasteiger partial charge in [-0.3, -0.25) is 4.79 Å². The van der Waals surface area contributed by atoms with Gasteiger partial charge in [0, 0.05) is 38.0 Å².